The Hall–Kier alpha value is -0.0600. The minimum Gasteiger partial charge on any atom is -0.380 e. The lowest BCUT2D eigenvalue weighted by molar-refractivity contribution is -0.117. The van der Waals surface area contributed by atoms with E-state index in [0.29, 0.717) is 6.61 Å². The van der Waals surface area contributed by atoms with Crippen molar-refractivity contribution in [3.63, 3.8) is 0 Å². The van der Waals surface area contributed by atoms with Crippen LogP contribution in [0.4, 0.5) is 0 Å². The summed E-state index contributed by atoms with van der Waals surface area (Å²) in [6.07, 6.45) is 2.02. The number of nitrogens with zero attached hydrogens (tertiary/aromatic N) is 1. The van der Waals surface area contributed by atoms with Gasteiger partial charge < -0.3 is 14.4 Å². The van der Waals surface area contributed by atoms with Crippen LogP contribution in [-0.4, -0.2) is 55.5 Å². The second kappa shape index (κ2) is 4.64. The highest BCUT2D eigenvalue weighted by atomic mass is 32.2. The minimum atomic E-state index is -0.192. The number of hydrogen-bond acceptors (Lipinski definition) is 4. The van der Waals surface area contributed by atoms with E-state index in [0.717, 1.165) is 38.9 Å². The number of ether oxygens (including phenoxy) is 1. The predicted octanol–water partition coefficient (Wildman–Crippen LogP) is 0.641. The van der Waals surface area contributed by atoms with Gasteiger partial charge in [-0.05, 0) is 6.42 Å². The Balaban J connectivity index is 1.89. The maximum absolute atomic E-state index is 11.1. The second-order valence-corrected chi connectivity index (χ2v) is 5.40. The van der Waals surface area contributed by atoms with E-state index in [-0.39, 0.29) is 5.41 Å². The van der Waals surface area contributed by atoms with Crippen molar-refractivity contribution in [2.75, 3.05) is 44.4 Å². The molecule has 14 heavy (non-hydrogen) atoms. The monoisotopic (exact) mass is 215 g/mol. The summed E-state index contributed by atoms with van der Waals surface area (Å²) in [5.74, 6) is 2.41. The molecule has 0 aromatic heterocycles. The van der Waals surface area contributed by atoms with Gasteiger partial charge in [0.05, 0.1) is 12.0 Å². The van der Waals surface area contributed by atoms with E-state index >= 15 is 0 Å². The first-order chi connectivity index (χ1) is 6.85. The molecule has 80 valence electrons. The van der Waals surface area contributed by atoms with Crippen molar-refractivity contribution >= 4 is 18.0 Å². The Labute approximate surface area is 89.2 Å². The van der Waals surface area contributed by atoms with Crippen LogP contribution < -0.4 is 0 Å². The van der Waals surface area contributed by atoms with Crippen LogP contribution in [0.15, 0.2) is 0 Å². The molecule has 0 radical (unpaired) electrons. The van der Waals surface area contributed by atoms with Gasteiger partial charge in [0.25, 0.3) is 0 Å². The highest BCUT2D eigenvalue weighted by Gasteiger charge is 2.36. The molecule has 0 saturated carbocycles. The predicted molar refractivity (Wildman–Crippen MR) is 57.7 cm³/mol. The van der Waals surface area contributed by atoms with Gasteiger partial charge in [-0.3, -0.25) is 0 Å². The van der Waals surface area contributed by atoms with Crippen LogP contribution in [0.25, 0.3) is 0 Å². The maximum Gasteiger partial charge on any atom is 0.129 e. The van der Waals surface area contributed by atoms with Gasteiger partial charge in [-0.2, -0.15) is 11.8 Å². The number of hydrogen-bond donors (Lipinski definition) is 0. The number of aldehydes is 1. The van der Waals surface area contributed by atoms with E-state index < -0.39 is 0 Å². The molecule has 2 fully saturated rings. The molecule has 2 saturated heterocycles. The Morgan fingerprint density at radius 2 is 2.21 bits per heavy atom. The van der Waals surface area contributed by atoms with Crippen molar-refractivity contribution in [2.24, 2.45) is 5.41 Å². The van der Waals surface area contributed by atoms with Crippen LogP contribution >= 0.6 is 11.8 Å². The summed E-state index contributed by atoms with van der Waals surface area (Å²) in [6, 6.07) is 0. The summed E-state index contributed by atoms with van der Waals surface area (Å²) < 4.78 is 5.33. The van der Waals surface area contributed by atoms with Gasteiger partial charge in [0, 0.05) is 37.7 Å². The van der Waals surface area contributed by atoms with Gasteiger partial charge in [0.1, 0.15) is 6.29 Å². The zero-order valence-corrected chi connectivity index (χ0v) is 9.22. The van der Waals surface area contributed by atoms with Gasteiger partial charge in [0.2, 0.25) is 0 Å². The molecule has 2 aliphatic heterocycles. The molecule has 2 heterocycles. The van der Waals surface area contributed by atoms with Gasteiger partial charge in [-0.25, -0.2) is 0 Å². The Kier molecular flexibility index (Phi) is 3.47. The molecule has 0 aromatic rings. The zero-order chi connectivity index (χ0) is 9.86. The first-order valence-corrected chi connectivity index (χ1v) is 6.34. The van der Waals surface area contributed by atoms with Crippen LogP contribution in [-0.2, 0) is 9.53 Å². The van der Waals surface area contributed by atoms with Crippen molar-refractivity contribution in [2.45, 2.75) is 6.42 Å². The number of carbonyl (C=O) groups excluding carboxylic acids is 1. The quantitative estimate of drug-likeness (QED) is 0.646. The SMILES string of the molecule is O=CC1(CN2CCSCC2)CCOC1. The second-order valence-electron chi connectivity index (χ2n) is 4.17. The molecule has 0 bridgehead atoms. The molecule has 4 heteroatoms. The first-order valence-electron chi connectivity index (χ1n) is 5.19. The highest BCUT2D eigenvalue weighted by molar-refractivity contribution is 7.99. The van der Waals surface area contributed by atoms with Crippen LogP contribution in [0.5, 0.6) is 0 Å². The minimum absolute atomic E-state index is 0.192. The summed E-state index contributed by atoms with van der Waals surface area (Å²) >= 11 is 2.00. The van der Waals surface area contributed by atoms with E-state index in [1.807, 2.05) is 11.8 Å². The molecular weight excluding hydrogens is 198 g/mol. The van der Waals surface area contributed by atoms with E-state index in [1.165, 1.54) is 11.5 Å². The van der Waals surface area contributed by atoms with Crippen molar-refractivity contribution < 1.29 is 9.53 Å². The first kappa shape index (κ1) is 10.5. The van der Waals surface area contributed by atoms with Crippen LogP contribution in [0.3, 0.4) is 0 Å². The van der Waals surface area contributed by atoms with Crippen molar-refractivity contribution in [1.82, 2.24) is 4.90 Å². The third kappa shape index (κ3) is 2.30. The molecule has 0 amide bonds. The molecule has 2 rings (SSSR count). The molecule has 0 aliphatic carbocycles. The maximum atomic E-state index is 11.1. The van der Waals surface area contributed by atoms with Gasteiger partial charge >= 0.3 is 0 Å². The molecule has 0 spiro atoms. The number of thioether (sulfide) groups is 1. The third-order valence-electron chi connectivity index (χ3n) is 3.03. The van der Waals surface area contributed by atoms with Crippen molar-refractivity contribution in [3.05, 3.63) is 0 Å². The zero-order valence-electron chi connectivity index (χ0n) is 8.41. The summed E-state index contributed by atoms with van der Waals surface area (Å²) in [5, 5.41) is 0. The van der Waals surface area contributed by atoms with Gasteiger partial charge in [-0.1, -0.05) is 0 Å². The van der Waals surface area contributed by atoms with Crippen LogP contribution in [0, 0.1) is 5.41 Å². The average molecular weight is 215 g/mol. The normalized spacial score (nSPS) is 34.6. The fraction of sp³-hybridized carbons (Fsp3) is 0.900. The molecular formula is C10H17NO2S. The molecule has 1 atom stereocenters. The average Bonchev–Trinajstić information content (AvgIpc) is 2.69. The molecule has 2 aliphatic rings. The lowest BCUT2D eigenvalue weighted by atomic mass is 9.88. The molecule has 1 unspecified atom stereocenters. The summed E-state index contributed by atoms with van der Waals surface area (Å²) in [7, 11) is 0. The van der Waals surface area contributed by atoms with Gasteiger partial charge in [0.15, 0.2) is 0 Å². The third-order valence-corrected chi connectivity index (χ3v) is 3.97. The van der Waals surface area contributed by atoms with Gasteiger partial charge in [-0.15, -0.1) is 0 Å². The lowest BCUT2D eigenvalue weighted by Crippen LogP contribution is -2.43. The summed E-state index contributed by atoms with van der Waals surface area (Å²) in [6.45, 7) is 4.53. The Morgan fingerprint density at radius 1 is 1.43 bits per heavy atom. The largest absolute Gasteiger partial charge is 0.380 e. The fourth-order valence-corrected chi connectivity index (χ4v) is 3.06. The van der Waals surface area contributed by atoms with Crippen molar-refractivity contribution in [3.8, 4) is 0 Å². The Morgan fingerprint density at radius 3 is 2.79 bits per heavy atom. The lowest BCUT2D eigenvalue weighted by Gasteiger charge is -2.32. The topological polar surface area (TPSA) is 29.5 Å². The van der Waals surface area contributed by atoms with E-state index in [4.69, 9.17) is 4.74 Å². The number of rotatable bonds is 3. The Bertz CT molecular complexity index is 198. The molecule has 0 aromatic carbocycles. The summed E-state index contributed by atoms with van der Waals surface area (Å²) in [4.78, 5) is 13.5. The molecule has 0 N–H and O–H groups in total. The fourth-order valence-electron chi connectivity index (χ4n) is 2.08. The standard InChI is InChI=1S/C10H17NO2S/c12-8-10(1-4-13-9-10)7-11-2-5-14-6-3-11/h8H,1-7,9H2. The van der Waals surface area contributed by atoms with Crippen LogP contribution in [0.2, 0.25) is 0 Å². The van der Waals surface area contributed by atoms with Crippen LogP contribution in [0.1, 0.15) is 6.42 Å². The van der Waals surface area contributed by atoms with E-state index in [2.05, 4.69) is 4.90 Å². The van der Waals surface area contributed by atoms with E-state index in [1.54, 1.807) is 0 Å². The van der Waals surface area contributed by atoms with E-state index in [9.17, 15) is 4.79 Å². The highest BCUT2D eigenvalue weighted by Crippen LogP contribution is 2.28. The number of carbonyl (C=O) groups is 1. The molecule has 3 nitrogen and oxygen atoms in total. The van der Waals surface area contributed by atoms with Crippen molar-refractivity contribution in [1.29, 1.82) is 0 Å². The summed E-state index contributed by atoms with van der Waals surface area (Å²) in [5.41, 5.74) is -0.192. The smallest absolute Gasteiger partial charge is 0.129 e.